The lowest BCUT2D eigenvalue weighted by Gasteiger charge is -2.39. The number of hydrogen-bond acceptors (Lipinski definition) is 6. The van der Waals surface area contributed by atoms with Gasteiger partial charge in [0, 0.05) is 33.1 Å². The van der Waals surface area contributed by atoms with E-state index in [1.165, 1.54) is 11.1 Å². The summed E-state index contributed by atoms with van der Waals surface area (Å²) in [5.74, 6) is 2.23. The molecule has 186 valence electrons. The van der Waals surface area contributed by atoms with E-state index in [0.29, 0.717) is 24.2 Å². The molecule has 2 fully saturated rings. The van der Waals surface area contributed by atoms with Gasteiger partial charge in [-0.3, -0.25) is 14.6 Å². The van der Waals surface area contributed by atoms with Crippen molar-refractivity contribution >= 4 is 5.91 Å². The van der Waals surface area contributed by atoms with E-state index in [-0.39, 0.29) is 23.3 Å². The SMILES string of the molecule is CC(C)c1ccc(CN2CCC3(CC2)CC(c2nnc(C(C)C)o2)N(CC(=O)N(C)C)C3)cc1. The maximum absolute atomic E-state index is 12.6. The monoisotopic (exact) mass is 467 g/mol. The average molecular weight is 468 g/mol. The summed E-state index contributed by atoms with van der Waals surface area (Å²) in [5.41, 5.74) is 2.98. The van der Waals surface area contributed by atoms with Crippen LogP contribution in [0.5, 0.6) is 0 Å². The van der Waals surface area contributed by atoms with Gasteiger partial charge >= 0.3 is 0 Å². The van der Waals surface area contributed by atoms with Crippen LogP contribution in [0.25, 0.3) is 0 Å². The first-order valence-electron chi connectivity index (χ1n) is 12.7. The van der Waals surface area contributed by atoms with E-state index in [2.05, 4.69) is 72.0 Å². The molecule has 1 unspecified atom stereocenters. The Morgan fingerprint density at radius 3 is 2.32 bits per heavy atom. The molecule has 3 heterocycles. The standard InChI is InChI=1S/C27H41N5O2/c1-19(2)22-9-7-21(8-10-22)16-31-13-11-27(12-14-31)15-23(26-29-28-25(34-26)20(3)4)32(18-27)17-24(33)30(5)6/h7-10,19-20,23H,11-18H2,1-6H3. The van der Waals surface area contributed by atoms with Crippen LogP contribution in [0.3, 0.4) is 0 Å². The minimum Gasteiger partial charge on any atom is -0.423 e. The molecular weight excluding hydrogens is 426 g/mol. The number of rotatable bonds is 7. The lowest BCUT2D eigenvalue weighted by Crippen LogP contribution is -2.42. The van der Waals surface area contributed by atoms with E-state index in [0.717, 1.165) is 45.4 Å². The second kappa shape index (κ2) is 10.2. The number of carbonyl (C=O) groups excluding carboxylic acids is 1. The lowest BCUT2D eigenvalue weighted by atomic mass is 9.76. The molecule has 1 atom stereocenters. The lowest BCUT2D eigenvalue weighted by molar-refractivity contribution is -0.130. The van der Waals surface area contributed by atoms with Gasteiger partial charge in [-0.05, 0) is 54.8 Å². The number of hydrogen-bond donors (Lipinski definition) is 0. The first-order chi connectivity index (χ1) is 16.2. The minimum atomic E-state index is 0.0130. The van der Waals surface area contributed by atoms with Gasteiger partial charge in [-0.15, -0.1) is 10.2 Å². The summed E-state index contributed by atoms with van der Waals surface area (Å²) >= 11 is 0. The third kappa shape index (κ3) is 5.52. The van der Waals surface area contributed by atoms with Crippen LogP contribution < -0.4 is 0 Å². The molecule has 2 aliphatic rings. The molecule has 7 heteroatoms. The zero-order chi connectivity index (χ0) is 24.5. The molecule has 2 aliphatic heterocycles. The van der Waals surface area contributed by atoms with Crippen molar-refractivity contribution in [3.05, 3.63) is 47.2 Å². The average Bonchev–Trinajstić information content (AvgIpc) is 3.41. The predicted octanol–water partition coefficient (Wildman–Crippen LogP) is 4.43. The Bertz CT molecular complexity index is 958. The summed E-state index contributed by atoms with van der Waals surface area (Å²) in [4.78, 5) is 19.1. The van der Waals surface area contributed by atoms with Crippen LogP contribution in [-0.2, 0) is 11.3 Å². The van der Waals surface area contributed by atoms with E-state index in [1.54, 1.807) is 4.90 Å². The summed E-state index contributed by atoms with van der Waals surface area (Å²) in [6.07, 6.45) is 3.24. The zero-order valence-corrected chi connectivity index (χ0v) is 21.8. The molecule has 1 amide bonds. The molecule has 0 radical (unpaired) electrons. The Morgan fingerprint density at radius 1 is 1.09 bits per heavy atom. The third-order valence-corrected chi connectivity index (χ3v) is 7.65. The Labute approximate surface area is 204 Å². The van der Waals surface area contributed by atoms with E-state index >= 15 is 0 Å². The summed E-state index contributed by atoms with van der Waals surface area (Å²) in [6, 6.07) is 9.10. The molecular formula is C27H41N5O2. The Balaban J connectivity index is 1.43. The number of likely N-dealkylation sites (N-methyl/N-ethyl adjacent to an activating group) is 1. The molecule has 0 N–H and O–H groups in total. The molecule has 34 heavy (non-hydrogen) atoms. The quantitative estimate of drug-likeness (QED) is 0.600. The fourth-order valence-electron chi connectivity index (χ4n) is 5.30. The summed E-state index contributed by atoms with van der Waals surface area (Å²) in [5, 5.41) is 8.67. The first kappa shape index (κ1) is 24.9. The predicted molar refractivity (Wildman–Crippen MR) is 133 cm³/mol. The van der Waals surface area contributed by atoms with Crippen molar-refractivity contribution in [2.24, 2.45) is 5.41 Å². The van der Waals surface area contributed by atoms with Crippen LogP contribution in [0.4, 0.5) is 0 Å². The fraction of sp³-hybridized carbons (Fsp3) is 0.667. The smallest absolute Gasteiger partial charge is 0.236 e. The Hall–Kier alpha value is -2.25. The maximum Gasteiger partial charge on any atom is 0.236 e. The molecule has 0 aliphatic carbocycles. The maximum atomic E-state index is 12.6. The van der Waals surface area contributed by atoms with Crippen LogP contribution in [0.2, 0.25) is 0 Å². The number of carbonyl (C=O) groups is 1. The van der Waals surface area contributed by atoms with Gasteiger partial charge in [-0.2, -0.15) is 0 Å². The van der Waals surface area contributed by atoms with Gasteiger partial charge in [-0.25, -0.2) is 0 Å². The van der Waals surface area contributed by atoms with Crippen LogP contribution in [-0.4, -0.2) is 71.1 Å². The fourth-order valence-corrected chi connectivity index (χ4v) is 5.30. The van der Waals surface area contributed by atoms with Crippen molar-refractivity contribution in [2.45, 2.75) is 71.4 Å². The molecule has 1 aromatic carbocycles. The third-order valence-electron chi connectivity index (χ3n) is 7.65. The van der Waals surface area contributed by atoms with Crippen LogP contribution >= 0.6 is 0 Å². The summed E-state index contributed by atoms with van der Waals surface area (Å²) in [6.45, 7) is 13.1. The Morgan fingerprint density at radius 2 is 1.76 bits per heavy atom. The number of benzene rings is 1. The van der Waals surface area contributed by atoms with Gasteiger partial charge in [0.25, 0.3) is 0 Å². The van der Waals surface area contributed by atoms with Crippen molar-refractivity contribution in [1.29, 1.82) is 0 Å². The van der Waals surface area contributed by atoms with Gasteiger partial charge in [-0.1, -0.05) is 52.0 Å². The molecule has 0 saturated carbocycles. The first-order valence-corrected chi connectivity index (χ1v) is 12.7. The van der Waals surface area contributed by atoms with Crippen molar-refractivity contribution in [2.75, 3.05) is 40.3 Å². The second-order valence-electron chi connectivity index (χ2n) is 11.2. The van der Waals surface area contributed by atoms with Crippen LogP contribution in [0.1, 0.15) is 87.7 Å². The summed E-state index contributed by atoms with van der Waals surface area (Å²) < 4.78 is 6.06. The number of likely N-dealkylation sites (tertiary alicyclic amines) is 2. The van der Waals surface area contributed by atoms with Crippen molar-refractivity contribution in [1.82, 2.24) is 24.9 Å². The highest BCUT2D eigenvalue weighted by molar-refractivity contribution is 5.77. The van der Waals surface area contributed by atoms with Gasteiger partial charge in [0.1, 0.15) is 0 Å². The van der Waals surface area contributed by atoms with Crippen molar-refractivity contribution < 1.29 is 9.21 Å². The highest BCUT2D eigenvalue weighted by atomic mass is 16.4. The van der Waals surface area contributed by atoms with Gasteiger partial charge < -0.3 is 9.32 Å². The van der Waals surface area contributed by atoms with Crippen molar-refractivity contribution in [3.8, 4) is 0 Å². The zero-order valence-electron chi connectivity index (χ0n) is 21.8. The summed E-state index contributed by atoms with van der Waals surface area (Å²) in [7, 11) is 3.64. The van der Waals surface area contributed by atoms with Crippen LogP contribution in [0.15, 0.2) is 28.7 Å². The van der Waals surface area contributed by atoms with Gasteiger partial charge in [0.05, 0.1) is 12.6 Å². The van der Waals surface area contributed by atoms with Crippen molar-refractivity contribution in [3.63, 3.8) is 0 Å². The molecule has 4 rings (SSSR count). The van der Waals surface area contributed by atoms with E-state index in [4.69, 9.17) is 4.42 Å². The highest BCUT2D eigenvalue weighted by Gasteiger charge is 2.48. The Kier molecular flexibility index (Phi) is 7.43. The molecule has 1 spiro atoms. The minimum absolute atomic E-state index is 0.0130. The normalized spacial score (nSPS) is 21.1. The number of aromatic nitrogens is 2. The molecule has 2 aromatic rings. The molecule has 7 nitrogen and oxygen atoms in total. The second-order valence-corrected chi connectivity index (χ2v) is 11.2. The topological polar surface area (TPSA) is 65.7 Å². The molecule has 2 saturated heterocycles. The highest BCUT2D eigenvalue weighted by Crippen LogP contribution is 2.49. The van der Waals surface area contributed by atoms with E-state index < -0.39 is 0 Å². The number of amides is 1. The van der Waals surface area contributed by atoms with Crippen LogP contribution in [0, 0.1) is 5.41 Å². The molecule has 1 aromatic heterocycles. The largest absolute Gasteiger partial charge is 0.423 e. The van der Waals surface area contributed by atoms with E-state index in [1.807, 2.05) is 14.1 Å². The molecule has 0 bridgehead atoms. The van der Waals surface area contributed by atoms with Gasteiger partial charge in [0.15, 0.2) is 0 Å². The van der Waals surface area contributed by atoms with E-state index in [9.17, 15) is 4.79 Å². The number of piperidine rings is 1. The number of nitrogens with zero attached hydrogens (tertiary/aromatic N) is 5. The van der Waals surface area contributed by atoms with Gasteiger partial charge in [0.2, 0.25) is 17.7 Å².